The first kappa shape index (κ1) is 18.7. The fourth-order valence-electron chi connectivity index (χ4n) is 2.92. The monoisotopic (exact) mass is 367 g/mol. The Labute approximate surface area is 158 Å². The van der Waals surface area contributed by atoms with Crippen LogP contribution in [0.15, 0.2) is 28.9 Å². The van der Waals surface area contributed by atoms with Crippen molar-refractivity contribution < 1.29 is 9.63 Å². The van der Waals surface area contributed by atoms with Gasteiger partial charge in [0.2, 0.25) is 5.82 Å². The Morgan fingerprint density at radius 2 is 1.81 bits per heavy atom. The highest BCUT2D eigenvalue weighted by atomic mass is 16.5. The smallest absolute Gasteiger partial charge is 0.259 e. The first-order valence-electron chi connectivity index (χ1n) is 9.22. The molecule has 0 spiro atoms. The van der Waals surface area contributed by atoms with Crippen LogP contribution in [0.3, 0.4) is 0 Å². The van der Waals surface area contributed by atoms with Gasteiger partial charge in [-0.05, 0) is 56.5 Å². The fraction of sp³-hybridized carbons (Fsp3) is 0.350. The molecular weight excluding hydrogens is 342 g/mol. The van der Waals surface area contributed by atoms with Crippen LogP contribution in [0.2, 0.25) is 0 Å². The van der Waals surface area contributed by atoms with Gasteiger partial charge in [0, 0.05) is 24.8 Å². The standard InChI is InChI=1S/C20H25N5O2/c1-5-13-9-14(8-12(4)17(13)26)18-24-20(27-25-18)15-10-16(21-6-2)19(22-7-3)23-11-15/h8-11,21,26H,5-7H2,1-4H3,(H,22,23). The molecule has 0 aliphatic rings. The van der Waals surface area contributed by atoms with Gasteiger partial charge in [-0.3, -0.25) is 0 Å². The quantitative estimate of drug-likeness (QED) is 0.575. The second kappa shape index (κ2) is 8.07. The Bertz CT molecular complexity index is 936. The Morgan fingerprint density at radius 1 is 1.04 bits per heavy atom. The number of aromatic nitrogens is 3. The van der Waals surface area contributed by atoms with E-state index in [0.29, 0.717) is 17.5 Å². The maximum Gasteiger partial charge on any atom is 0.259 e. The number of aryl methyl sites for hydroxylation is 2. The molecule has 0 unspecified atom stereocenters. The van der Waals surface area contributed by atoms with Crippen molar-refractivity contribution in [2.24, 2.45) is 0 Å². The van der Waals surface area contributed by atoms with E-state index < -0.39 is 0 Å². The van der Waals surface area contributed by atoms with Crippen LogP contribution in [0.4, 0.5) is 11.5 Å². The second-order valence-corrected chi connectivity index (χ2v) is 6.26. The van der Waals surface area contributed by atoms with Crippen molar-refractivity contribution in [1.82, 2.24) is 15.1 Å². The molecule has 2 heterocycles. The van der Waals surface area contributed by atoms with Crippen molar-refractivity contribution in [2.45, 2.75) is 34.1 Å². The molecule has 2 aromatic heterocycles. The minimum absolute atomic E-state index is 0.323. The van der Waals surface area contributed by atoms with Crippen molar-refractivity contribution in [1.29, 1.82) is 0 Å². The van der Waals surface area contributed by atoms with Crippen LogP contribution < -0.4 is 10.6 Å². The van der Waals surface area contributed by atoms with Gasteiger partial charge in [-0.2, -0.15) is 4.98 Å². The molecule has 0 saturated heterocycles. The van der Waals surface area contributed by atoms with E-state index in [1.165, 1.54) is 0 Å². The summed E-state index contributed by atoms with van der Waals surface area (Å²) in [7, 11) is 0. The number of hydrogen-bond donors (Lipinski definition) is 3. The maximum atomic E-state index is 10.1. The van der Waals surface area contributed by atoms with Crippen LogP contribution in [0.5, 0.6) is 5.75 Å². The third-order valence-corrected chi connectivity index (χ3v) is 4.29. The van der Waals surface area contributed by atoms with Gasteiger partial charge < -0.3 is 20.3 Å². The lowest BCUT2D eigenvalue weighted by molar-refractivity contribution is 0.432. The minimum atomic E-state index is 0.323. The van der Waals surface area contributed by atoms with Crippen molar-refractivity contribution in [3.63, 3.8) is 0 Å². The third-order valence-electron chi connectivity index (χ3n) is 4.29. The van der Waals surface area contributed by atoms with E-state index >= 15 is 0 Å². The Balaban J connectivity index is 1.96. The molecule has 0 aliphatic carbocycles. The minimum Gasteiger partial charge on any atom is -0.507 e. The molecule has 0 saturated carbocycles. The largest absolute Gasteiger partial charge is 0.507 e. The van der Waals surface area contributed by atoms with Gasteiger partial charge >= 0.3 is 0 Å². The summed E-state index contributed by atoms with van der Waals surface area (Å²) in [5.74, 6) is 2.01. The first-order valence-corrected chi connectivity index (χ1v) is 9.22. The maximum absolute atomic E-state index is 10.1. The van der Waals surface area contributed by atoms with Crippen molar-refractivity contribution >= 4 is 11.5 Å². The van der Waals surface area contributed by atoms with Gasteiger partial charge in [0.05, 0.1) is 11.3 Å². The average molecular weight is 367 g/mol. The number of nitrogens with one attached hydrogen (secondary N) is 2. The molecule has 3 aromatic rings. The van der Waals surface area contributed by atoms with E-state index in [0.717, 1.165) is 53.3 Å². The number of rotatable bonds is 7. The van der Waals surface area contributed by atoms with Crippen molar-refractivity contribution in [3.8, 4) is 28.6 Å². The molecule has 142 valence electrons. The van der Waals surface area contributed by atoms with Crippen molar-refractivity contribution in [2.75, 3.05) is 23.7 Å². The van der Waals surface area contributed by atoms with E-state index in [9.17, 15) is 5.11 Å². The van der Waals surface area contributed by atoms with Crippen LogP contribution in [-0.4, -0.2) is 33.3 Å². The number of nitrogens with zero attached hydrogens (tertiary/aromatic N) is 3. The van der Waals surface area contributed by atoms with Crippen LogP contribution in [0.25, 0.3) is 22.8 Å². The zero-order valence-electron chi connectivity index (χ0n) is 16.1. The lowest BCUT2D eigenvalue weighted by atomic mass is 10.0. The van der Waals surface area contributed by atoms with E-state index in [1.807, 2.05) is 45.9 Å². The highest BCUT2D eigenvalue weighted by molar-refractivity contribution is 5.71. The topological polar surface area (TPSA) is 96.1 Å². The van der Waals surface area contributed by atoms with Gasteiger partial charge in [-0.1, -0.05) is 12.1 Å². The number of hydrogen-bond acceptors (Lipinski definition) is 7. The molecule has 27 heavy (non-hydrogen) atoms. The van der Waals surface area contributed by atoms with E-state index in [-0.39, 0.29) is 0 Å². The number of pyridine rings is 1. The molecule has 0 atom stereocenters. The zero-order valence-corrected chi connectivity index (χ0v) is 16.1. The highest BCUT2D eigenvalue weighted by Crippen LogP contribution is 2.31. The summed E-state index contributed by atoms with van der Waals surface area (Å²) in [4.78, 5) is 8.99. The third kappa shape index (κ3) is 3.86. The summed E-state index contributed by atoms with van der Waals surface area (Å²) in [6, 6.07) is 5.71. The summed E-state index contributed by atoms with van der Waals surface area (Å²) < 4.78 is 5.47. The summed E-state index contributed by atoms with van der Waals surface area (Å²) in [6.07, 6.45) is 2.45. The molecule has 7 heteroatoms. The van der Waals surface area contributed by atoms with E-state index in [4.69, 9.17) is 4.52 Å². The normalized spacial score (nSPS) is 10.8. The lowest BCUT2D eigenvalue weighted by Crippen LogP contribution is -2.06. The summed E-state index contributed by atoms with van der Waals surface area (Å²) >= 11 is 0. The van der Waals surface area contributed by atoms with Gasteiger partial charge in [0.1, 0.15) is 11.6 Å². The number of benzene rings is 1. The number of aromatic hydroxyl groups is 1. The average Bonchev–Trinajstić information content (AvgIpc) is 3.16. The molecule has 3 N–H and O–H groups in total. The van der Waals surface area contributed by atoms with Gasteiger partial charge in [-0.25, -0.2) is 4.98 Å². The number of anilines is 2. The predicted octanol–water partition coefficient (Wildman–Crippen LogP) is 4.24. The zero-order chi connectivity index (χ0) is 19.4. The molecule has 0 aliphatic heterocycles. The van der Waals surface area contributed by atoms with Gasteiger partial charge in [0.25, 0.3) is 5.89 Å². The van der Waals surface area contributed by atoms with Crippen molar-refractivity contribution in [3.05, 3.63) is 35.5 Å². The van der Waals surface area contributed by atoms with Gasteiger partial charge in [0.15, 0.2) is 0 Å². The van der Waals surface area contributed by atoms with E-state index in [2.05, 4.69) is 25.8 Å². The molecule has 0 amide bonds. The Kier molecular flexibility index (Phi) is 5.59. The van der Waals surface area contributed by atoms with E-state index in [1.54, 1.807) is 6.20 Å². The Hall–Kier alpha value is -3.09. The van der Waals surface area contributed by atoms with Gasteiger partial charge in [-0.15, -0.1) is 0 Å². The summed E-state index contributed by atoms with van der Waals surface area (Å²) in [5.41, 5.74) is 4.12. The molecule has 0 radical (unpaired) electrons. The van der Waals surface area contributed by atoms with Crippen LogP contribution in [-0.2, 0) is 6.42 Å². The van der Waals surface area contributed by atoms with Crippen LogP contribution in [0.1, 0.15) is 31.9 Å². The van der Waals surface area contributed by atoms with Crippen LogP contribution in [0, 0.1) is 6.92 Å². The number of phenolic OH excluding ortho intramolecular Hbond substituents is 1. The summed E-state index contributed by atoms with van der Waals surface area (Å²) in [5, 5.41) is 20.8. The molecule has 0 bridgehead atoms. The fourth-order valence-corrected chi connectivity index (χ4v) is 2.92. The SMILES string of the molecule is CCNc1cc(-c2nc(-c3cc(C)c(O)c(CC)c3)no2)cnc1NCC. The van der Waals surface area contributed by atoms with Crippen LogP contribution >= 0.6 is 0 Å². The molecule has 3 rings (SSSR count). The molecular formula is C20H25N5O2. The number of phenols is 1. The highest BCUT2D eigenvalue weighted by Gasteiger charge is 2.15. The first-order chi connectivity index (χ1) is 13.1. The molecule has 0 fully saturated rings. The Morgan fingerprint density at radius 3 is 2.52 bits per heavy atom. The predicted molar refractivity (Wildman–Crippen MR) is 107 cm³/mol. The molecule has 1 aromatic carbocycles. The molecule has 7 nitrogen and oxygen atoms in total. The summed E-state index contributed by atoms with van der Waals surface area (Å²) in [6.45, 7) is 9.50. The lowest BCUT2D eigenvalue weighted by Gasteiger charge is -2.11. The second-order valence-electron chi connectivity index (χ2n) is 6.26.